The molecule has 14 heavy (non-hydrogen) atoms. The van der Waals surface area contributed by atoms with Crippen LogP contribution in [0.4, 0.5) is 0 Å². The fraction of sp³-hybridized carbons (Fsp3) is 1.00. The van der Waals surface area contributed by atoms with E-state index >= 15 is 0 Å². The lowest BCUT2D eigenvalue weighted by Crippen LogP contribution is -2.34. The van der Waals surface area contributed by atoms with Crippen molar-refractivity contribution in [3.63, 3.8) is 0 Å². The highest BCUT2D eigenvalue weighted by atomic mass is 14.9. The maximum absolute atomic E-state index is 3.61. The van der Waals surface area contributed by atoms with Crippen LogP contribution in [0.15, 0.2) is 0 Å². The van der Waals surface area contributed by atoms with Crippen molar-refractivity contribution in [3.8, 4) is 0 Å². The molecule has 1 saturated carbocycles. The van der Waals surface area contributed by atoms with E-state index in [-0.39, 0.29) is 0 Å². The first-order valence-electron chi connectivity index (χ1n) is 6.30. The summed E-state index contributed by atoms with van der Waals surface area (Å²) < 4.78 is 0. The molecule has 0 bridgehead atoms. The zero-order valence-electron chi connectivity index (χ0n) is 9.39. The third-order valence-corrected chi connectivity index (χ3v) is 3.75. The topological polar surface area (TPSA) is 24.1 Å². The molecule has 2 atom stereocenters. The fourth-order valence-corrected chi connectivity index (χ4v) is 2.40. The summed E-state index contributed by atoms with van der Waals surface area (Å²) in [6, 6.07) is 0.881. The van der Waals surface area contributed by atoms with E-state index < -0.39 is 0 Å². The molecule has 1 aliphatic carbocycles. The SMILES string of the molecule is CC(CCNC1CC1)C1CCCNC1. The van der Waals surface area contributed by atoms with Gasteiger partial charge in [-0.2, -0.15) is 0 Å². The number of nitrogens with one attached hydrogen (secondary N) is 2. The van der Waals surface area contributed by atoms with Crippen LogP contribution in [0.1, 0.15) is 39.0 Å². The van der Waals surface area contributed by atoms with Crippen molar-refractivity contribution >= 4 is 0 Å². The molecule has 2 aliphatic rings. The predicted octanol–water partition coefficient (Wildman–Crippen LogP) is 1.76. The maximum atomic E-state index is 3.61. The molecule has 0 aromatic rings. The minimum absolute atomic E-state index is 0.881. The second kappa shape index (κ2) is 5.13. The molecular formula is C12H24N2. The monoisotopic (exact) mass is 196 g/mol. The number of hydrogen-bond donors (Lipinski definition) is 2. The van der Waals surface area contributed by atoms with Gasteiger partial charge in [-0.05, 0) is 63.6 Å². The van der Waals surface area contributed by atoms with Crippen LogP contribution in [0.2, 0.25) is 0 Å². The molecule has 1 heterocycles. The maximum Gasteiger partial charge on any atom is 0.00682 e. The summed E-state index contributed by atoms with van der Waals surface area (Å²) in [5.41, 5.74) is 0. The number of piperidine rings is 1. The van der Waals surface area contributed by atoms with Gasteiger partial charge in [0.2, 0.25) is 0 Å². The van der Waals surface area contributed by atoms with E-state index in [0.29, 0.717) is 0 Å². The molecule has 2 fully saturated rings. The van der Waals surface area contributed by atoms with E-state index in [1.54, 1.807) is 0 Å². The van der Waals surface area contributed by atoms with Crippen molar-refractivity contribution in [2.75, 3.05) is 19.6 Å². The lowest BCUT2D eigenvalue weighted by molar-refractivity contribution is 0.266. The molecular weight excluding hydrogens is 172 g/mol. The number of rotatable bonds is 5. The first-order valence-corrected chi connectivity index (χ1v) is 6.30. The van der Waals surface area contributed by atoms with Crippen molar-refractivity contribution in [3.05, 3.63) is 0 Å². The van der Waals surface area contributed by atoms with Gasteiger partial charge in [0.1, 0.15) is 0 Å². The van der Waals surface area contributed by atoms with Crippen LogP contribution in [-0.2, 0) is 0 Å². The Labute approximate surface area is 87.8 Å². The lowest BCUT2D eigenvalue weighted by Gasteiger charge is -2.28. The van der Waals surface area contributed by atoms with Crippen LogP contribution in [0, 0.1) is 11.8 Å². The third-order valence-electron chi connectivity index (χ3n) is 3.75. The van der Waals surface area contributed by atoms with E-state index in [1.807, 2.05) is 0 Å². The van der Waals surface area contributed by atoms with Gasteiger partial charge < -0.3 is 10.6 Å². The molecule has 1 aliphatic heterocycles. The van der Waals surface area contributed by atoms with E-state index in [9.17, 15) is 0 Å². The smallest absolute Gasteiger partial charge is 0.00682 e. The van der Waals surface area contributed by atoms with Crippen molar-refractivity contribution in [2.24, 2.45) is 11.8 Å². The molecule has 2 unspecified atom stereocenters. The van der Waals surface area contributed by atoms with Gasteiger partial charge in [0.25, 0.3) is 0 Å². The van der Waals surface area contributed by atoms with Crippen LogP contribution >= 0.6 is 0 Å². The first-order chi connectivity index (χ1) is 6.86. The summed E-state index contributed by atoms with van der Waals surface area (Å²) in [5, 5.41) is 7.11. The summed E-state index contributed by atoms with van der Waals surface area (Å²) in [7, 11) is 0. The normalized spacial score (nSPS) is 30.2. The summed E-state index contributed by atoms with van der Waals surface area (Å²) in [4.78, 5) is 0. The average Bonchev–Trinajstić information content (AvgIpc) is 3.03. The molecule has 0 radical (unpaired) electrons. The molecule has 0 aromatic heterocycles. The Morgan fingerprint density at radius 3 is 2.86 bits per heavy atom. The van der Waals surface area contributed by atoms with E-state index in [4.69, 9.17) is 0 Å². The quantitative estimate of drug-likeness (QED) is 0.700. The van der Waals surface area contributed by atoms with Gasteiger partial charge in [-0.1, -0.05) is 6.92 Å². The predicted molar refractivity (Wildman–Crippen MR) is 60.4 cm³/mol. The fourth-order valence-electron chi connectivity index (χ4n) is 2.40. The van der Waals surface area contributed by atoms with Crippen LogP contribution < -0.4 is 10.6 Å². The minimum atomic E-state index is 0.881. The summed E-state index contributed by atoms with van der Waals surface area (Å²) in [5.74, 6) is 1.83. The molecule has 2 heteroatoms. The zero-order valence-corrected chi connectivity index (χ0v) is 9.39. The van der Waals surface area contributed by atoms with Crippen LogP contribution in [-0.4, -0.2) is 25.7 Å². The summed E-state index contributed by atoms with van der Waals surface area (Å²) >= 11 is 0. The van der Waals surface area contributed by atoms with Gasteiger partial charge >= 0.3 is 0 Å². The Morgan fingerprint density at radius 1 is 1.36 bits per heavy atom. The summed E-state index contributed by atoms with van der Waals surface area (Å²) in [6.07, 6.45) is 7.02. The molecule has 2 N–H and O–H groups in total. The largest absolute Gasteiger partial charge is 0.316 e. The molecule has 2 nitrogen and oxygen atoms in total. The Bertz CT molecular complexity index is 160. The van der Waals surface area contributed by atoms with Gasteiger partial charge in [0.05, 0.1) is 0 Å². The van der Waals surface area contributed by atoms with Crippen molar-refractivity contribution in [2.45, 2.75) is 45.1 Å². The molecule has 0 aromatic carbocycles. The highest BCUT2D eigenvalue weighted by Gasteiger charge is 2.22. The van der Waals surface area contributed by atoms with Gasteiger partial charge in [0.15, 0.2) is 0 Å². The molecule has 1 saturated heterocycles. The summed E-state index contributed by atoms with van der Waals surface area (Å²) in [6.45, 7) is 6.16. The Kier molecular flexibility index (Phi) is 3.82. The standard InChI is InChI=1S/C12H24N2/c1-10(6-8-14-12-4-5-12)11-3-2-7-13-9-11/h10-14H,2-9H2,1H3. The highest BCUT2D eigenvalue weighted by Crippen LogP contribution is 2.23. The van der Waals surface area contributed by atoms with Crippen LogP contribution in [0.25, 0.3) is 0 Å². The van der Waals surface area contributed by atoms with Gasteiger partial charge in [-0.3, -0.25) is 0 Å². The lowest BCUT2D eigenvalue weighted by atomic mass is 9.85. The van der Waals surface area contributed by atoms with E-state index in [1.165, 1.54) is 51.7 Å². The van der Waals surface area contributed by atoms with E-state index in [2.05, 4.69) is 17.6 Å². The second-order valence-electron chi connectivity index (χ2n) is 5.10. The van der Waals surface area contributed by atoms with Crippen LogP contribution in [0.5, 0.6) is 0 Å². The average molecular weight is 196 g/mol. The van der Waals surface area contributed by atoms with Crippen molar-refractivity contribution in [1.29, 1.82) is 0 Å². The Balaban J connectivity index is 1.57. The third kappa shape index (κ3) is 3.25. The minimum Gasteiger partial charge on any atom is -0.316 e. The first kappa shape index (κ1) is 10.4. The molecule has 0 amide bonds. The van der Waals surface area contributed by atoms with Crippen molar-refractivity contribution in [1.82, 2.24) is 10.6 Å². The van der Waals surface area contributed by atoms with Gasteiger partial charge in [0, 0.05) is 6.04 Å². The number of hydrogen-bond acceptors (Lipinski definition) is 2. The molecule has 0 spiro atoms. The Hall–Kier alpha value is -0.0800. The zero-order chi connectivity index (χ0) is 9.80. The van der Waals surface area contributed by atoms with Gasteiger partial charge in [-0.25, -0.2) is 0 Å². The van der Waals surface area contributed by atoms with E-state index in [0.717, 1.165) is 17.9 Å². The van der Waals surface area contributed by atoms with Crippen molar-refractivity contribution < 1.29 is 0 Å². The van der Waals surface area contributed by atoms with Crippen LogP contribution in [0.3, 0.4) is 0 Å². The second-order valence-corrected chi connectivity index (χ2v) is 5.10. The Morgan fingerprint density at radius 2 is 2.21 bits per heavy atom. The van der Waals surface area contributed by atoms with Gasteiger partial charge in [-0.15, -0.1) is 0 Å². The molecule has 82 valence electrons. The molecule has 2 rings (SSSR count). The highest BCUT2D eigenvalue weighted by molar-refractivity contribution is 4.81.